The number of aliphatic carboxylic acids is 1. The van der Waals surface area contributed by atoms with Crippen LogP contribution < -0.4 is 9.64 Å². The molecule has 0 radical (unpaired) electrons. The van der Waals surface area contributed by atoms with Crippen LogP contribution in [0.5, 0.6) is 5.75 Å². The summed E-state index contributed by atoms with van der Waals surface area (Å²) >= 11 is 0. The molecule has 4 rings (SSSR count). The average Bonchev–Trinajstić information content (AvgIpc) is 3.11. The predicted molar refractivity (Wildman–Crippen MR) is 142 cm³/mol. The Kier molecular flexibility index (Phi) is 7.51. The van der Waals surface area contributed by atoms with E-state index in [0.717, 1.165) is 56.6 Å². The third kappa shape index (κ3) is 5.59. The molecule has 0 aliphatic carbocycles. The molecule has 0 spiro atoms. The van der Waals surface area contributed by atoms with Crippen LogP contribution in [0, 0.1) is 20.8 Å². The SMILES string of the molecule is Cc1ccc(-c2c(CC(=O)O)c(C)c3c4c2cc(C)n4CCN3CCOCC(F)F)c(OC(C)(C)C)c1. The number of carbonyl (C=O) groups is 1. The minimum atomic E-state index is -2.50. The van der Waals surface area contributed by atoms with Crippen LogP contribution in [0.4, 0.5) is 14.5 Å². The largest absolute Gasteiger partial charge is 0.487 e. The van der Waals surface area contributed by atoms with Crippen LogP contribution in [-0.4, -0.2) is 54.0 Å². The van der Waals surface area contributed by atoms with Gasteiger partial charge in [0.1, 0.15) is 18.0 Å². The van der Waals surface area contributed by atoms with Crippen molar-refractivity contribution in [3.8, 4) is 16.9 Å². The minimum absolute atomic E-state index is 0.146. The smallest absolute Gasteiger partial charge is 0.307 e. The summed E-state index contributed by atoms with van der Waals surface area (Å²) in [5, 5.41) is 10.9. The number of ether oxygens (including phenoxy) is 2. The normalized spacial score (nSPS) is 13.6. The summed E-state index contributed by atoms with van der Waals surface area (Å²) < 4.78 is 39.0. The van der Waals surface area contributed by atoms with E-state index in [1.54, 1.807) is 0 Å². The molecule has 1 aliphatic rings. The Morgan fingerprint density at radius 2 is 1.86 bits per heavy atom. The molecule has 1 aromatic heterocycles. The third-order valence-electron chi connectivity index (χ3n) is 6.72. The van der Waals surface area contributed by atoms with Crippen molar-refractivity contribution < 1.29 is 28.2 Å². The number of anilines is 1. The number of carboxylic acid groups (broad SMARTS) is 1. The van der Waals surface area contributed by atoms with Gasteiger partial charge in [0, 0.05) is 36.3 Å². The van der Waals surface area contributed by atoms with Crippen LogP contribution in [-0.2, 0) is 22.5 Å². The molecular formula is C29H36F2N2O4. The molecule has 0 amide bonds. The van der Waals surface area contributed by atoms with E-state index in [0.29, 0.717) is 18.8 Å². The number of carboxylic acids is 1. The lowest BCUT2D eigenvalue weighted by Gasteiger charge is -2.34. The van der Waals surface area contributed by atoms with Gasteiger partial charge in [-0.15, -0.1) is 0 Å². The number of benzene rings is 2. The Bertz CT molecular complexity index is 1320. The van der Waals surface area contributed by atoms with E-state index in [9.17, 15) is 18.7 Å². The standard InChI is InChI=1S/C29H36F2N2O4/c1-17-7-8-20(23(13-17)37-29(4,5)6)26-21(15-25(34)35)19(3)27-28-22(26)14-18(2)33(28)10-9-32(27)11-12-36-16-24(30)31/h7-8,13-14,24H,9-12,15-16H2,1-6H3,(H,34,35). The first kappa shape index (κ1) is 26.9. The van der Waals surface area contributed by atoms with E-state index >= 15 is 0 Å². The summed E-state index contributed by atoms with van der Waals surface area (Å²) in [4.78, 5) is 14.2. The zero-order valence-corrected chi connectivity index (χ0v) is 22.5. The Hall–Kier alpha value is -3.13. The Morgan fingerprint density at radius 1 is 1.14 bits per heavy atom. The van der Waals surface area contributed by atoms with Crippen molar-refractivity contribution in [3.63, 3.8) is 0 Å². The van der Waals surface area contributed by atoms with Gasteiger partial charge in [-0.3, -0.25) is 4.79 Å². The second-order valence-electron chi connectivity index (χ2n) is 10.8. The Labute approximate surface area is 216 Å². The van der Waals surface area contributed by atoms with E-state index in [2.05, 4.69) is 22.5 Å². The van der Waals surface area contributed by atoms with Gasteiger partial charge >= 0.3 is 5.97 Å². The first-order chi connectivity index (χ1) is 17.4. The molecule has 6 nitrogen and oxygen atoms in total. The summed E-state index contributed by atoms with van der Waals surface area (Å²) in [6.07, 6.45) is -2.65. The molecule has 8 heteroatoms. The van der Waals surface area contributed by atoms with Gasteiger partial charge in [-0.2, -0.15) is 0 Å². The van der Waals surface area contributed by atoms with Gasteiger partial charge < -0.3 is 24.0 Å². The quantitative estimate of drug-likeness (QED) is 0.348. The summed E-state index contributed by atoms with van der Waals surface area (Å²) in [5.41, 5.74) is 7.01. The van der Waals surface area contributed by atoms with Gasteiger partial charge in [-0.25, -0.2) is 8.78 Å². The maximum Gasteiger partial charge on any atom is 0.307 e. The summed E-state index contributed by atoms with van der Waals surface area (Å²) in [6.45, 7) is 13.5. The third-order valence-corrected chi connectivity index (χ3v) is 6.72. The molecule has 0 atom stereocenters. The van der Waals surface area contributed by atoms with Crippen LogP contribution in [0.15, 0.2) is 24.3 Å². The van der Waals surface area contributed by atoms with Crippen molar-refractivity contribution in [1.82, 2.24) is 4.57 Å². The lowest BCUT2D eigenvalue weighted by Crippen LogP contribution is -2.35. The van der Waals surface area contributed by atoms with E-state index in [1.807, 2.05) is 52.8 Å². The van der Waals surface area contributed by atoms with Crippen molar-refractivity contribution in [3.05, 3.63) is 46.6 Å². The number of rotatable bonds is 9. The van der Waals surface area contributed by atoms with Crippen LogP contribution >= 0.6 is 0 Å². The van der Waals surface area contributed by atoms with Crippen LogP contribution in [0.3, 0.4) is 0 Å². The maximum atomic E-state index is 12.6. The van der Waals surface area contributed by atoms with E-state index < -0.39 is 24.6 Å². The Morgan fingerprint density at radius 3 is 2.51 bits per heavy atom. The summed E-state index contributed by atoms with van der Waals surface area (Å²) in [6, 6.07) is 8.16. The fraction of sp³-hybridized carbons (Fsp3) is 0.483. The van der Waals surface area contributed by atoms with E-state index in [1.165, 1.54) is 0 Å². The van der Waals surface area contributed by atoms with Gasteiger partial charge in [0.05, 0.1) is 24.2 Å². The number of halogens is 2. The molecule has 0 fully saturated rings. The maximum absolute atomic E-state index is 12.6. The zero-order valence-electron chi connectivity index (χ0n) is 22.5. The van der Waals surface area contributed by atoms with E-state index in [-0.39, 0.29) is 13.0 Å². The predicted octanol–water partition coefficient (Wildman–Crippen LogP) is 6.14. The fourth-order valence-electron chi connectivity index (χ4n) is 5.30. The molecule has 0 unspecified atom stereocenters. The first-order valence-electron chi connectivity index (χ1n) is 12.7. The first-order valence-corrected chi connectivity index (χ1v) is 12.7. The zero-order chi connectivity index (χ0) is 27.1. The van der Waals surface area contributed by atoms with Crippen molar-refractivity contribution in [1.29, 1.82) is 0 Å². The topological polar surface area (TPSA) is 63.9 Å². The highest BCUT2D eigenvalue weighted by Gasteiger charge is 2.30. The lowest BCUT2D eigenvalue weighted by molar-refractivity contribution is -0.136. The number of aromatic nitrogens is 1. The van der Waals surface area contributed by atoms with Crippen LogP contribution in [0.2, 0.25) is 0 Å². The lowest BCUT2D eigenvalue weighted by atomic mass is 9.87. The monoisotopic (exact) mass is 514 g/mol. The number of nitrogens with zero attached hydrogens (tertiary/aromatic N) is 2. The van der Waals surface area contributed by atoms with Gasteiger partial charge in [0.15, 0.2) is 0 Å². The van der Waals surface area contributed by atoms with Crippen LogP contribution in [0.1, 0.15) is 43.2 Å². The molecule has 200 valence electrons. The van der Waals surface area contributed by atoms with Crippen molar-refractivity contribution in [2.24, 2.45) is 0 Å². The highest BCUT2D eigenvalue weighted by atomic mass is 19.3. The number of aryl methyl sites for hydroxylation is 2. The minimum Gasteiger partial charge on any atom is -0.487 e. The molecule has 0 saturated heterocycles. The van der Waals surface area contributed by atoms with Gasteiger partial charge in [0.2, 0.25) is 0 Å². The molecule has 0 bridgehead atoms. The molecular weight excluding hydrogens is 478 g/mol. The second kappa shape index (κ2) is 10.3. The van der Waals surface area contributed by atoms with Gasteiger partial charge in [0.25, 0.3) is 6.43 Å². The average molecular weight is 515 g/mol. The summed E-state index contributed by atoms with van der Waals surface area (Å²) in [5.74, 6) is -0.201. The number of hydrogen-bond donors (Lipinski definition) is 1. The number of hydrogen-bond acceptors (Lipinski definition) is 4. The second-order valence-corrected chi connectivity index (χ2v) is 10.8. The van der Waals surface area contributed by atoms with E-state index in [4.69, 9.17) is 9.47 Å². The van der Waals surface area contributed by atoms with Gasteiger partial charge in [-0.05, 0) is 75.9 Å². The molecule has 3 aromatic rings. The molecule has 37 heavy (non-hydrogen) atoms. The van der Waals surface area contributed by atoms with Crippen molar-refractivity contribution in [2.75, 3.05) is 31.2 Å². The highest BCUT2D eigenvalue weighted by molar-refractivity contribution is 6.08. The van der Waals surface area contributed by atoms with Crippen LogP contribution in [0.25, 0.3) is 22.0 Å². The highest BCUT2D eigenvalue weighted by Crippen LogP contribution is 2.47. The molecule has 1 aliphatic heterocycles. The van der Waals surface area contributed by atoms with Gasteiger partial charge in [-0.1, -0.05) is 12.1 Å². The van der Waals surface area contributed by atoms with Crippen molar-refractivity contribution >= 4 is 22.6 Å². The molecule has 2 aromatic carbocycles. The van der Waals surface area contributed by atoms with Crippen molar-refractivity contribution in [2.45, 2.75) is 66.5 Å². The molecule has 0 saturated carbocycles. The summed E-state index contributed by atoms with van der Waals surface area (Å²) in [7, 11) is 0. The molecule has 1 N–H and O–H groups in total. The molecule has 2 heterocycles. The fourth-order valence-corrected chi connectivity index (χ4v) is 5.30. The number of alkyl halides is 2. The Balaban J connectivity index is 1.96.